The first-order chi connectivity index (χ1) is 19.7. The molecule has 6 rings (SSSR count). The Labute approximate surface area is 257 Å². The number of fused-ring (bicyclic) bond motifs is 2. The Balaban J connectivity index is 1.47. The van der Waals surface area contributed by atoms with Crippen molar-refractivity contribution in [3.63, 3.8) is 0 Å². The predicted molar refractivity (Wildman–Crippen MR) is 162 cm³/mol. The molecule has 1 aliphatic carbocycles. The van der Waals surface area contributed by atoms with E-state index in [4.69, 9.17) is 27.9 Å². The van der Waals surface area contributed by atoms with Crippen molar-refractivity contribution in [1.29, 1.82) is 0 Å². The number of carbonyl (C=O) groups excluding carboxylic acids is 3. The molecule has 1 unspecified atom stereocenters. The average molecular weight is 659 g/mol. The van der Waals surface area contributed by atoms with Gasteiger partial charge < -0.3 is 20.3 Å². The Bertz CT molecular complexity index is 1490. The highest BCUT2D eigenvalue weighted by atomic mass is 79.9. The minimum atomic E-state index is -1.14. The van der Waals surface area contributed by atoms with E-state index in [2.05, 4.69) is 32.6 Å². The van der Waals surface area contributed by atoms with Crippen molar-refractivity contribution in [3.8, 4) is 5.75 Å². The number of halogens is 3. The number of hydrogen-bond acceptors (Lipinski definition) is 4. The normalized spacial score (nSPS) is 27.8. The highest BCUT2D eigenvalue weighted by molar-refractivity contribution is 9.10. The van der Waals surface area contributed by atoms with E-state index in [1.807, 2.05) is 41.3 Å². The first-order valence-electron chi connectivity index (χ1n) is 13.8. The zero-order valence-corrected chi connectivity index (χ0v) is 25.6. The van der Waals surface area contributed by atoms with Crippen LogP contribution in [0, 0.1) is 11.8 Å². The molecule has 2 aromatic rings. The monoisotopic (exact) mass is 657 g/mol. The van der Waals surface area contributed by atoms with Gasteiger partial charge in [-0.1, -0.05) is 57.4 Å². The van der Waals surface area contributed by atoms with Gasteiger partial charge in [0.05, 0.1) is 6.04 Å². The maximum absolute atomic E-state index is 14.4. The second-order valence-electron chi connectivity index (χ2n) is 11.2. The molecule has 214 valence electrons. The SMILES string of the molecule is CC(=O)N1CCC(Oc2ccc(Br)cc2[C@H]2NC(=O)CC([C@@H]3C=CC=C(Cl)C3)[C@]23C(=O)Nc2cc(Cl)ccc23)CC1. The molecule has 7 nitrogen and oxygen atoms in total. The Hall–Kier alpha value is -2.81. The topological polar surface area (TPSA) is 87.7 Å². The summed E-state index contributed by atoms with van der Waals surface area (Å²) in [6.45, 7) is 2.82. The Morgan fingerprint density at radius 1 is 1.10 bits per heavy atom. The van der Waals surface area contributed by atoms with Crippen LogP contribution in [0.5, 0.6) is 5.75 Å². The van der Waals surface area contributed by atoms with Crippen LogP contribution in [0.25, 0.3) is 0 Å². The van der Waals surface area contributed by atoms with Crippen LogP contribution in [-0.2, 0) is 19.8 Å². The Morgan fingerprint density at radius 2 is 1.88 bits per heavy atom. The molecule has 2 aromatic carbocycles. The van der Waals surface area contributed by atoms with Crippen LogP contribution in [0.2, 0.25) is 5.02 Å². The molecule has 3 heterocycles. The van der Waals surface area contributed by atoms with Gasteiger partial charge in [-0.3, -0.25) is 14.4 Å². The molecular weight excluding hydrogens is 629 g/mol. The molecule has 10 heteroatoms. The number of piperidine rings is 2. The summed E-state index contributed by atoms with van der Waals surface area (Å²) >= 11 is 16.5. The fourth-order valence-corrected chi connectivity index (χ4v) is 7.77. The summed E-state index contributed by atoms with van der Waals surface area (Å²) in [7, 11) is 0. The fraction of sp³-hybridized carbons (Fsp3) is 0.387. The predicted octanol–water partition coefficient (Wildman–Crippen LogP) is 6.26. The number of anilines is 1. The second-order valence-corrected chi connectivity index (χ2v) is 13.0. The van der Waals surface area contributed by atoms with Crippen LogP contribution in [0.3, 0.4) is 0 Å². The molecule has 41 heavy (non-hydrogen) atoms. The van der Waals surface area contributed by atoms with E-state index < -0.39 is 11.5 Å². The van der Waals surface area contributed by atoms with Gasteiger partial charge in [0.1, 0.15) is 17.3 Å². The van der Waals surface area contributed by atoms with E-state index in [0.717, 1.165) is 10.0 Å². The van der Waals surface area contributed by atoms with E-state index in [-0.39, 0.29) is 42.1 Å². The lowest BCUT2D eigenvalue weighted by Gasteiger charge is -2.49. The van der Waals surface area contributed by atoms with Crippen LogP contribution in [0.15, 0.2) is 64.1 Å². The molecule has 4 aliphatic rings. The van der Waals surface area contributed by atoms with Crippen LogP contribution in [0.4, 0.5) is 5.69 Å². The molecular formula is C31H30BrCl2N3O4. The van der Waals surface area contributed by atoms with Gasteiger partial charge in [-0.25, -0.2) is 0 Å². The standard InChI is InChI=1S/C31H30BrCl2N3O4/c1-17(38)37-11-9-22(10-12-37)41-27-8-5-19(32)14-23(27)29-31(24-7-6-21(34)15-26(24)35-30(31)40)25(16-28(39)36-29)18-3-2-4-20(33)13-18/h2-8,14-15,18,22,25,29H,9-13,16H2,1H3,(H,35,40)(H,36,39)/t18-,25?,29-,31+/m1/s1. The molecule has 0 aromatic heterocycles. The number of nitrogens with zero attached hydrogens (tertiary/aromatic N) is 1. The van der Waals surface area contributed by atoms with Gasteiger partial charge in [-0.15, -0.1) is 0 Å². The smallest absolute Gasteiger partial charge is 0.237 e. The summed E-state index contributed by atoms with van der Waals surface area (Å²) in [4.78, 5) is 41.5. The third-order valence-electron chi connectivity index (χ3n) is 8.85. The number of amides is 3. The van der Waals surface area contributed by atoms with E-state index in [0.29, 0.717) is 59.4 Å². The number of allylic oxidation sites excluding steroid dienone is 4. The van der Waals surface area contributed by atoms with Crippen molar-refractivity contribution in [3.05, 3.63) is 80.3 Å². The number of ether oxygens (including phenoxy) is 1. The zero-order chi connectivity index (χ0) is 28.9. The van der Waals surface area contributed by atoms with E-state index in [9.17, 15) is 14.4 Å². The zero-order valence-electron chi connectivity index (χ0n) is 22.5. The van der Waals surface area contributed by atoms with Crippen molar-refractivity contribution in [2.75, 3.05) is 18.4 Å². The highest BCUT2D eigenvalue weighted by Gasteiger charge is 2.62. The summed E-state index contributed by atoms with van der Waals surface area (Å²) in [5.41, 5.74) is 1.01. The van der Waals surface area contributed by atoms with Gasteiger partial charge in [-0.05, 0) is 60.2 Å². The summed E-state index contributed by atoms with van der Waals surface area (Å²) in [6, 6.07) is 10.4. The van der Waals surface area contributed by atoms with Crippen LogP contribution < -0.4 is 15.4 Å². The number of rotatable bonds is 4. The summed E-state index contributed by atoms with van der Waals surface area (Å²) in [5.74, 6) is -0.186. The van der Waals surface area contributed by atoms with Gasteiger partial charge >= 0.3 is 0 Å². The highest BCUT2D eigenvalue weighted by Crippen LogP contribution is 2.58. The van der Waals surface area contributed by atoms with E-state index in [1.54, 1.807) is 19.1 Å². The number of benzene rings is 2. The van der Waals surface area contributed by atoms with Gasteiger partial charge in [0.25, 0.3) is 0 Å². The van der Waals surface area contributed by atoms with Crippen LogP contribution in [0.1, 0.15) is 49.8 Å². The summed E-state index contributed by atoms with van der Waals surface area (Å²) in [6.07, 6.45) is 7.80. The van der Waals surface area contributed by atoms with Crippen LogP contribution in [-0.4, -0.2) is 41.8 Å². The molecule has 1 spiro atoms. The molecule has 3 aliphatic heterocycles. The average Bonchev–Trinajstić information content (AvgIpc) is 3.22. The molecule has 3 amide bonds. The maximum Gasteiger partial charge on any atom is 0.237 e. The summed E-state index contributed by atoms with van der Waals surface area (Å²) in [5, 5.41) is 7.49. The van der Waals surface area contributed by atoms with Crippen molar-refractivity contribution >= 4 is 62.5 Å². The molecule has 2 saturated heterocycles. The molecule has 2 fully saturated rings. The molecule has 2 N–H and O–H groups in total. The number of likely N-dealkylation sites (tertiary alicyclic amines) is 1. The van der Waals surface area contributed by atoms with Crippen LogP contribution >= 0.6 is 39.1 Å². The molecule has 0 radical (unpaired) electrons. The first kappa shape index (κ1) is 28.3. The quantitative estimate of drug-likeness (QED) is 0.406. The Morgan fingerprint density at radius 3 is 2.61 bits per heavy atom. The van der Waals surface area contributed by atoms with Crippen molar-refractivity contribution in [2.45, 2.75) is 50.2 Å². The van der Waals surface area contributed by atoms with Gasteiger partial charge in [-0.2, -0.15) is 0 Å². The van der Waals surface area contributed by atoms with E-state index >= 15 is 0 Å². The maximum atomic E-state index is 14.4. The van der Waals surface area contributed by atoms with Crippen molar-refractivity contribution in [1.82, 2.24) is 10.2 Å². The van der Waals surface area contributed by atoms with E-state index in [1.165, 1.54) is 0 Å². The largest absolute Gasteiger partial charge is 0.490 e. The lowest BCUT2D eigenvalue weighted by Crippen LogP contribution is -2.59. The third-order valence-corrected chi connectivity index (χ3v) is 9.86. The van der Waals surface area contributed by atoms with Gasteiger partial charge in [0, 0.05) is 65.1 Å². The van der Waals surface area contributed by atoms with Gasteiger partial charge in [0.2, 0.25) is 17.7 Å². The minimum absolute atomic E-state index is 0.0587. The molecule has 0 saturated carbocycles. The minimum Gasteiger partial charge on any atom is -0.490 e. The lowest BCUT2D eigenvalue weighted by molar-refractivity contribution is -0.135. The van der Waals surface area contributed by atoms with Gasteiger partial charge in [0.15, 0.2) is 0 Å². The lowest BCUT2D eigenvalue weighted by atomic mass is 9.57. The Kier molecular flexibility index (Phi) is 7.68. The second kappa shape index (κ2) is 11.1. The molecule has 4 atom stereocenters. The fourth-order valence-electron chi connectivity index (χ4n) is 6.96. The number of carbonyl (C=O) groups is 3. The van der Waals surface area contributed by atoms with Crippen molar-refractivity contribution < 1.29 is 19.1 Å². The number of nitrogens with one attached hydrogen (secondary N) is 2. The first-order valence-corrected chi connectivity index (χ1v) is 15.4. The third kappa shape index (κ3) is 5.08. The molecule has 0 bridgehead atoms. The number of hydrogen-bond donors (Lipinski definition) is 2. The van der Waals surface area contributed by atoms with Crippen molar-refractivity contribution in [2.24, 2.45) is 11.8 Å². The summed E-state index contributed by atoms with van der Waals surface area (Å²) < 4.78 is 7.40.